The van der Waals surface area contributed by atoms with E-state index in [0.717, 1.165) is 6.42 Å². The molecule has 0 aliphatic rings. The van der Waals surface area contributed by atoms with Gasteiger partial charge in [-0.15, -0.1) is 6.58 Å². The second-order valence-corrected chi connectivity index (χ2v) is 3.52. The molecule has 0 radical (unpaired) electrons. The lowest BCUT2D eigenvalue weighted by atomic mass is 9.80. The minimum absolute atomic E-state index is 0.297. The molecular formula is C8H17NO. The summed E-state index contributed by atoms with van der Waals surface area (Å²) in [4.78, 5) is 0. The number of aliphatic hydroxyl groups is 1. The highest BCUT2D eigenvalue weighted by atomic mass is 16.3. The van der Waals surface area contributed by atoms with Crippen molar-refractivity contribution in [2.24, 2.45) is 11.1 Å². The van der Waals surface area contributed by atoms with Crippen molar-refractivity contribution < 1.29 is 5.11 Å². The molecule has 0 amide bonds. The van der Waals surface area contributed by atoms with Crippen LogP contribution >= 0.6 is 0 Å². The summed E-state index contributed by atoms with van der Waals surface area (Å²) in [6.45, 7) is 9.02. The summed E-state index contributed by atoms with van der Waals surface area (Å²) < 4.78 is 0. The van der Waals surface area contributed by atoms with Crippen molar-refractivity contribution in [3.8, 4) is 0 Å². The minimum Gasteiger partial charge on any atom is -0.376 e. The third kappa shape index (κ3) is 2.12. The van der Waals surface area contributed by atoms with Crippen molar-refractivity contribution in [3.63, 3.8) is 0 Å². The predicted molar refractivity (Wildman–Crippen MR) is 43.4 cm³/mol. The van der Waals surface area contributed by atoms with E-state index in [4.69, 9.17) is 5.73 Å². The van der Waals surface area contributed by atoms with Gasteiger partial charge in [0.05, 0.1) is 0 Å². The van der Waals surface area contributed by atoms with E-state index in [2.05, 4.69) is 6.58 Å². The molecular weight excluding hydrogens is 126 g/mol. The minimum atomic E-state index is -1.12. The zero-order valence-corrected chi connectivity index (χ0v) is 7.02. The van der Waals surface area contributed by atoms with Crippen LogP contribution < -0.4 is 5.73 Å². The first-order valence-electron chi connectivity index (χ1n) is 3.43. The monoisotopic (exact) mass is 143 g/mol. The van der Waals surface area contributed by atoms with Crippen molar-refractivity contribution in [2.75, 3.05) is 0 Å². The van der Waals surface area contributed by atoms with Gasteiger partial charge in [0, 0.05) is 5.41 Å². The van der Waals surface area contributed by atoms with Crippen LogP contribution in [0.2, 0.25) is 0 Å². The zero-order valence-electron chi connectivity index (χ0n) is 7.02. The highest BCUT2D eigenvalue weighted by Crippen LogP contribution is 2.30. The zero-order chi connectivity index (χ0) is 8.41. The third-order valence-electron chi connectivity index (χ3n) is 2.02. The molecule has 3 N–H and O–H groups in total. The van der Waals surface area contributed by atoms with Crippen molar-refractivity contribution in [3.05, 3.63) is 12.7 Å². The maximum absolute atomic E-state index is 9.41. The van der Waals surface area contributed by atoms with Crippen LogP contribution in [0.3, 0.4) is 0 Å². The number of rotatable bonds is 3. The molecule has 0 aromatic heterocycles. The Labute approximate surface area is 62.7 Å². The van der Waals surface area contributed by atoms with Crippen molar-refractivity contribution in [1.29, 1.82) is 0 Å². The van der Waals surface area contributed by atoms with Crippen LogP contribution in [0.1, 0.15) is 27.2 Å². The van der Waals surface area contributed by atoms with Gasteiger partial charge in [-0.3, -0.25) is 0 Å². The molecule has 0 saturated heterocycles. The van der Waals surface area contributed by atoms with Gasteiger partial charge in [0.1, 0.15) is 5.72 Å². The maximum Gasteiger partial charge on any atom is 0.116 e. The Morgan fingerprint density at radius 1 is 1.50 bits per heavy atom. The largest absolute Gasteiger partial charge is 0.376 e. The molecule has 1 atom stereocenters. The molecule has 0 spiro atoms. The molecule has 10 heavy (non-hydrogen) atoms. The van der Waals surface area contributed by atoms with Crippen LogP contribution in [-0.2, 0) is 0 Å². The molecule has 0 aromatic rings. The predicted octanol–water partition coefficient (Wildman–Crippen LogP) is 1.26. The van der Waals surface area contributed by atoms with E-state index in [0.29, 0.717) is 0 Å². The average Bonchev–Trinajstić information content (AvgIpc) is 1.61. The number of nitrogens with two attached hydrogens (primary N) is 1. The molecule has 1 unspecified atom stereocenters. The van der Waals surface area contributed by atoms with Gasteiger partial charge in [-0.25, -0.2) is 0 Å². The molecule has 2 heteroatoms. The SMILES string of the molecule is C=CCC(C)(C)C(C)(N)O. The van der Waals surface area contributed by atoms with E-state index >= 15 is 0 Å². The van der Waals surface area contributed by atoms with E-state index in [9.17, 15) is 5.11 Å². The summed E-state index contributed by atoms with van der Waals surface area (Å²) in [5.74, 6) is 0. The molecule has 0 bridgehead atoms. The molecule has 0 saturated carbocycles. The standard InChI is InChI=1S/C8H17NO/c1-5-6-7(2,3)8(4,9)10/h5,10H,1,6,9H2,2-4H3. The lowest BCUT2D eigenvalue weighted by molar-refractivity contribution is -0.0441. The fourth-order valence-electron chi connectivity index (χ4n) is 0.567. The van der Waals surface area contributed by atoms with Crippen molar-refractivity contribution in [1.82, 2.24) is 0 Å². The van der Waals surface area contributed by atoms with E-state index in [-0.39, 0.29) is 5.41 Å². The lowest BCUT2D eigenvalue weighted by Gasteiger charge is -2.35. The lowest BCUT2D eigenvalue weighted by Crippen LogP contribution is -2.49. The van der Waals surface area contributed by atoms with Crippen LogP contribution in [0, 0.1) is 5.41 Å². The first-order valence-corrected chi connectivity index (χ1v) is 3.43. The molecule has 0 aliphatic carbocycles. The summed E-state index contributed by atoms with van der Waals surface area (Å²) in [5, 5.41) is 9.41. The van der Waals surface area contributed by atoms with E-state index in [1.165, 1.54) is 0 Å². The highest BCUT2D eigenvalue weighted by Gasteiger charge is 2.34. The van der Waals surface area contributed by atoms with Gasteiger partial charge in [0.15, 0.2) is 0 Å². The highest BCUT2D eigenvalue weighted by molar-refractivity contribution is 4.89. The average molecular weight is 143 g/mol. The van der Waals surface area contributed by atoms with E-state index < -0.39 is 5.72 Å². The Hall–Kier alpha value is -0.340. The first kappa shape index (κ1) is 9.66. The summed E-state index contributed by atoms with van der Waals surface area (Å²) in [5.41, 5.74) is 4.09. The smallest absolute Gasteiger partial charge is 0.116 e. The van der Waals surface area contributed by atoms with Gasteiger partial charge in [0.2, 0.25) is 0 Å². The van der Waals surface area contributed by atoms with Crippen LogP contribution in [0.25, 0.3) is 0 Å². The molecule has 0 rings (SSSR count). The Bertz CT molecular complexity index is 122. The van der Waals surface area contributed by atoms with Crippen LogP contribution in [0.15, 0.2) is 12.7 Å². The Balaban J connectivity index is 4.23. The second kappa shape index (κ2) is 2.72. The molecule has 0 fully saturated rings. The quantitative estimate of drug-likeness (QED) is 0.461. The van der Waals surface area contributed by atoms with Gasteiger partial charge in [-0.1, -0.05) is 19.9 Å². The van der Waals surface area contributed by atoms with Gasteiger partial charge in [-0.2, -0.15) is 0 Å². The van der Waals surface area contributed by atoms with Gasteiger partial charge < -0.3 is 10.8 Å². The molecule has 0 heterocycles. The van der Waals surface area contributed by atoms with Crippen molar-refractivity contribution in [2.45, 2.75) is 32.9 Å². The Kier molecular flexibility index (Phi) is 2.63. The number of allylic oxidation sites excluding steroid dienone is 1. The normalized spacial score (nSPS) is 18.1. The summed E-state index contributed by atoms with van der Waals surface area (Å²) >= 11 is 0. The van der Waals surface area contributed by atoms with Gasteiger partial charge in [0.25, 0.3) is 0 Å². The molecule has 2 nitrogen and oxygen atoms in total. The fraction of sp³-hybridized carbons (Fsp3) is 0.750. The third-order valence-corrected chi connectivity index (χ3v) is 2.02. The summed E-state index contributed by atoms with van der Waals surface area (Å²) in [7, 11) is 0. The number of hydrogen-bond acceptors (Lipinski definition) is 2. The Morgan fingerprint density at radius 3 is 2.00 bits per heavy atom. The summed E-state index contributed by atoms with van der Waals surface area (Å²) in [6, 6.07) is 0. The number of hydrogen-bond donors (Lipinski definition) is 2. The molecule has 0 aromatic carbocycles. The van der Waals surface area contributed by atoms with Crippen LogP contribution in [0.5, 0.6) is 0 Å². The fourth-order valence-corrected chi connectivity index (χ4v) is 0.567. The van der Waals surface area contributed by atoms with E-state index in [1.54, 1.807) is 13.0 Å². The van der Waals surface area contributed by atoms with Crippen molar-refractivity contribution >= 4 is 0 Å². The molecule has 0 aliphatic heterocycles. The summed E-state index contributed by atoms with van der Waals surface area (Å²) in [6.07, 6.45) is 2.48. The topological polar surface area (TPSA) is 46.2 Å². The van der Waals surface area contributed by atoms with Crippen LogP contribution in [-0.4, -0.2) is 10.8 Å². The van der Waals surface area contributed by atoms with Gasteiger partial charge in [-0.05, 0) is 13.3 Å². The van der Waals surface area contributed by atoms with Crippen LogP contribution in [0.4, 0.5) is 0 Å². The first-order chi connectivity index (χ1) is 4.31. The Morgan fingerprint density at radius 2 is 1.90 bits per heavy atom. The van der Waals surface area contributed by atoms with E-state index in [1.807, 2.05) is 13.8 Å². The van der Waals surface area contributed by atoms with Gasteiger partial charge >= 0.3 is 0 Å². The maximum atomic E-state index is 9.41. The molecule has 60 valence electrons. The second-order valence-electron chi connectivity index (χ2n) is 3.52.